The van der Waals surface area contributed by atoms with Crippen molar-refractivity contribution >= 4 is 62.5 Å². The standard InChI is InChI=1S/C26H23N3Si/c1-16-26(30(2,3)4)28-25-21-14-19-11-7-8-12-22(19)27-24(21)20-13-17-9-5-6-10-18(17)15-23(20)29(16)25/h5-15H,1-4H3. The summed E-state index contributed by atoms with van der Waals surface area (Å²) in [4.78, 5) is 10.4. The summed E-state index contributed by atoms with van der Waals surface area (Å²) in [6, 6.07) is 23.8. The fraction of sp³-hybridized carbons (Fsp3) is 0.154. The van der Waals surface area contributed by atoms with Crippen LogP contribution < -0.4 is 5.32 Å². The van der Waals surface area contributed by atoms with E-state index in [1.54, 1.807) is 0 Å². The summed E-state index contributed by atoms with van der Waals surface area (Å²) in [5, 5.41) is 7.23. The van der Waals surface area contributed by atoms with E-state index in [1.807, 2.05) is 0 Å². The predicted molar refractivity (Wildman–Crippen MR) is 131 cm³/mol. The van der Waals surface area contributed by atoms with Crippen molar-refractivity contribution in [2.24, 2.45) is 0 Å². The predicted octanol–water partition coefficient (Wildman–Crippen LogP) is 6.20. The number of pyridine rings is 2. The Labute approximate surface area is 176 Å². The van der Waals surface area contributed by atoms with Gasteiger partial charge in [-0.3, -0.25) is 4.40 Å². The Hall–Kier alpha value is -3.24. The van der Waals surface area contributed by atoms with Gasteiger partial charge >= 0.3 is 0 Å². The number of para-hydroxylation sites is 1. The lowest BCUT2D eigenvalue weighted by molar-refractivity contribution is 1.18. The van der Waals surface area contributed by atoms with E-state index in [4.69, 9.17) is 9.97 Å². The first kappa shape index (κ1) is 17.6. The Balaban J connectivity index is 1.94. The van der Waals surface area contributed by atoms with Crippen LogP contribution in [0.3, 0.4) is 0 Å². The average molecular weight is 406 g/mol. The monoisotopic (exact) mass is 405 g/mol. The number of nitrogens with zero attached hydrogens (tertiary/aromatic N) is 3. The van der Waals surface area contributed by atoms with Crippen LogP contribution in [0.1, 0.15) is 5.69 Å². The van der Waals surface area contributed by atoms with E-state index in [0.29, 0.717) is 0 Å². The molecule has 146 valence electrons. The lowest BCUT2D eigenvalue weighted by Gasteiger charge is -2.14. The molecule has 0 atom stereocenters. The number of hydrogen-bond donors (Lipinski definition) is 0. The molecule has 6 rings (SSSR count). The molecule has 0 spiro atoms. The minimum absolute atomic E-state index is 1.03. The van der Waals surface area contributed by atoms with E-state index in [0.717, 1.165) is 27.5 Å². The van der Waals surface area contributed by atoms with E-state index in [-0.39, 0.29) is 0 Å². The van der Waals surface area contributed by atoms with Gasteiger partial charge in [-0.1, -0.05) is 62.1 Å². The summed E-state index contributed by atoms with van der Waals surface area (Å²) in [5.74, 6) is 0. The van der Waals surface area contributed by atoms with E-state index in [2.05, 4.69) is 97.7 Å². The molecule has 0 amide bonds. The Morgan fingerprint density at radius 2 is 1.37 bits per heavy atom. The maximum atomic E-state index is 5.23. The van der Waals surface area contributed by atoms with Crippen molar-refractivity contribution in [3.8, 4) is 0 Å². The number of imidazole rings is 1. The largest absolute Gasteiger partial charge is 0.296 e. The third-order valence-electron chi connectivity index (χ3n) is 6.14. The molecule has 30 heavy (non-hydrogen) atoms. The number of hydrogen-bond acceptors (Lipinski definition) is 2. The van der Waals surface area contributed by atoms with Crippen LogP contribution in [0.4, 0.5) is 0 Å². The summed E-state index contributed by atoms with van der Waals surface area (Å²) in [5.41, 5.74) is 5.54. The fourth-order valence-electron chi connectivity index (χ4n) is 4.78. The Morgan fingerprint density at radius 3 is 2.10 bits per heavy atom. The zero-order valence-corrected chi connectivity index (χ0v) is 18.7. The van der Waals surface area contributed by atoms with Gasteiger partial charge in [0.2, 0.25) is 0 Å². The lowest BCUT2D eigenvalue weighted by atomic mass is 10.0. The van der Waals surface area contributed by atoms with Crippen molar-refractivity contribution < 1.29 is 0 Å². The molecule has 3 nitrogen and oxygen atoms in total. The molecule has 3 aromatic carbocycles. The van der Waals surface area contributed by atoms with Gasteiger partial charge in [0.25, 0.3) is 0 Å². The quantitative estimate of drug-likeness (QED) is 0.185. The number of aromatic nitrogens is 3. The van der Waals surface area contributed by atoms with Crippen LogP contribution in [-0.2, 0) is 0 Å². The van der Waals surface area contributed by atoms with Crippen molar-refractivity contribution in [2.45, 2.75) is 26.6 Å². The molecule has 0 saturated heterocycles. The van der Waals surface area contributed by atoms with Crippen molar-refractivity contribution in [1.82, 2.24) is 14.4 Å². The molecule has 0 saturated carbocycles. The third kappa shape index (κ3) is 2.37. The first-order chi connectivity index (χ1) is 14.4. The Bertz CT molecular complexity index is 1640. The number of benzene rings is 3. The maximum absolute atomic E-state index is 5.23. The van der Waals surface area contributed by atoms with Gasteiger partial charge in [-0.15, -0.1) is 0 Å². The molecule has 0 aliphatic rings. The molecule has 0 aliphatic heterocycles. The van der Waals surface area contributed by atoms with E-state index >= 15 is 0 Å². The van der Waals surface area contributed by atoms with Crippen molar-refractivity contribution in [3.63, 3.8) is 0 Å². The molecule has 0 fully saturated rings. The Kier molecular flexibility index (Phi) is 3.46. The molecule has 0 bridgehead atoms. The smallest absolute Gasteiger partial charge is 0.146 e. The highest BCUT2D eigenvalue weighted by Crippen LogP contribution is 2.33. The number of aryl methyl sites for hydroxylation is 1. The second kappa shape index (κ2) is 5.89. The minimum Gasteiger partial charge on any atom is -0.296 e. The van der Waals surface area contributed by atoms with E-state index in [9.17, 15) is 0 Å². The van der Waals surface area contributed by atoms with Crippen molar-refractivity contribution in [3.05, 3.63) is 72.4 Å². The maximum Gasteiger partial charge on any atom is 0.146 e. The zero-order valence-electron chi connectivity index (χ0n) is 17.7. The van der Waals surface area contributed by atoms with Crippen molar-refractivity contribution in [1.29, 1.82) is 0 Å². The van der Waals surface area contributed by atoms with Crippen LogP contribution in [0.5, 0.6) is 0 Å². The first-order valence-corrected chi connectivity index (χ1v) is 14.0. The van der Waals surface area contributed by atoms with Gasteiger partial charge in [0, 0.05) is 27.2 Å². The summed E-state index contributed by atoms with van der Waals surface area (Å²) >= 11 is 0. The van der Waals surface area contributed by atoms with Gasteiger partial charge in [0.15, 0.2) is 0 Å². The SMILES string of the molecule is Cc1c([Si](C)(C)C)nc2c3cc4ccccc4nc3c3cc4ccccc4cc3n12. The highest BCUT2D eigenvalue weighted by Gasteiger charge is 2.26. The molecule has 4 heteroatoms. The number of rotatable bonds is 1. The molecule has 0 unspecified atom stereocenters. The first-order valence-electron chi connectivity index (χ1n) is 10.5. The highest BCUT2D eigenvalue weighted by atomic mass is 28.3. The second-order valence-electron chi connectivity index (χ2n) is 9.25. The molecular weight excluding hydrogens is 382 g/mol. The lowest BCUT2D eigenvalue weighted by Crippen LogP contribution is -2.40. The van der Waals surface area contributed by atoms with Crippen LogP contribution >= 0.6 is 0 Å². The molecule has 6 aromatic rings. The molecule has 3 aromatic heterocycles. The van der Waals surface area contributed by atoms with E-state index < -0.39 is 8.07 Å². The summed E-state index contributed by atoms with van der Waals surface area (Å²) in [6.45, 7) is 9.34. The molecule has 0 aliphatic carbocycles. The van der Waals surface area contributed by atoms with Crippen molar-refractivity contribution in [2.75, 3.05) is 0 Å². The topological polar surface area (TPSA) is 30.2 Å². The summed E-state index contributed by atoms with van der Waals surface area (Å²) in [7, 11) is -1.60. The second-order valence-corrected chi connectivity index (χ2v) is 14.2. The van der Waals surface area contributed by atoms with Crippen LogP contribution in [0.25, 0.3) is 49.1 Å². The summed E-state index contributed by atoms with van der Waals surface area (Å²) < 4.78 is 2.37. The van der Waals surface area contributed by atoms with Gasteiger partial charge in [-0.2, -0.15) is 0 Å². The van der Waals surface area contributed by atoms with Gasteiger partial charge < -0.3 is 0 Å². The molecule has 0 radical (unpaired) electrons. The average Bonchev–Trinajstić information content (AvgIpc) is 3.09. The van der Waals surface area contributed by atoms with Crippen LogP contribution in [0, 0.1) is 6.92 Å². The zero-order chi connectivity index (χ0) is 20.6. The minimum atomic E-state index is -1.60. The van der Waals surface area contributed by atoms with Gasteiger partial charge in [0.1, 0.15) is 13.7 Å². The van der Waals surface area contributed by atoms with Gasteiger partial charge in [0.05, 0.1) is 16.6 Å². The summed E-state index contributed by atoms with van der Waals surface area (Å²) in [6.07, 6.45) is 0. The fourth-order valence-corrected chi connectivity index (χ4v) is 6.42. The highest BCUT2D eigenvalue weighted by molar-refractivity contribution is 6.88. The molecular formula is C26H23N3Si. The van der Waals surface area contributed by atoms with E-state index in [1.165, 1.54) is 32.7 Å². The molecule has 0 N–H and O–H groups in total. The van der Waals surface area contributed by atoms with Crippen LogP contribution in [-0.4, -0.2) is 22.4 Å². The van der Waals surface area contributed by atoms with Crippen LogP contribution in [0.2, 0.25) is 19.6 Å². The molecule has 3 heterocycles. The normalized spacial score (nSPS) is 12.7. The Morgan fingerprint density at radius 1 is 0.733 bits per heavy atom. The third-order valence-corrected chi connectivity index (χ3v) is 8.04. The van der Waals surface area contributed by atoms with Gasteiger partial charge in [-0.25, -0.2) is 9.97 Å². The number of fused-ring (bicyclic) bond motifs is 8. The van der Waals surface area contributed by atoms with Crippen LogP contribution in [0.15, 0.2) is 66.7 Å². The van der Waals surface area contributed by atoms with Gasteiger partial charge in [-0.05, 0) is 42.0 Å².